The lowest BCUT2D eigenvalue weighted by Crippen LogP contribution is -2.43. The molecule has 3 amide bonds. The fourth-order valence-electron chi connectivity index (χ4n) is 2.79. The summed E-state index contributed by atoms with van der Waals surface area (Å²) < 4.78 is 4.89. The minimum Gasteiger partial charge on any atom is -0.466 e. The van der Waals surface area contributed by atoms with E-state index < -0.39 is 11.8 Å². The van der Waals surface area contributed by atoms with Crippen molar-refractivity contribution in [3.63, 3.8) is 0 Å². The first-order valence-corrected chi connectivity index (χ1v) is 8.88. The quantitative estimate of drug-likeness (QED) is 0.496. The van der Waals surface area contributed by atoms with Crippen molar-refractivity contribution in [2.24, 2.45) is 0 Å². The number of carbonyl (C=O) groups is 4. The Labute approximate surface area is 152 Å². The van der Waals surface area contributed by atoms with Crippen molar-refractivity contribution < 1.29 is 23.9 Å². The van der Waals surface area contributed by atoms with Gasteiger partial charge in [-0.3, -0.25) is 24.1 Å². The van der Waals surface area contributed by atoms with Crippen LogP contribution in [0.15, 0.2) is 24.3 Å². The molecule has 1 aliphatic heterocycles. The van der Waals surface area contributed by atoms with Gasteiger partial charge in [0.2, 0.25) is 5.91 Å². The van der Waals surface area contributed by atoms with Gasteiger partial charge in [-0.05, 0) is 25.5 Å². The second-order valence-electron chi connectivity index (χ2n) is 6.03. The van der Waals surface area contributed by atoms with Gasteiger partial charge in [-0.2, -0.15) is 0 Å². The summed E-state index contributed by atoms with van der Waals surface area (Å²) >= 11 is 0. The number of unbranched alkanes of at least 4 members (excludes halogenated alkanes) is 1. The molecule has 0 saturated heterocycles. The highest BCUT2D eigenvalue weighted by atomic mass is 16.5. The first-order chi connectivity index (χ1) is 12.5. The Morgan fingerprint density at radius 2 is 1.65 bits per heavy atom. The number of fused-ring (bicyclic) bond motifs is 1. The van der Waals surface area contributed by atoms with E-state index in [1.54, 1.807) is 31.2 Å². The van der Waals surface area contributed by atoms with Crippen LogP contribution in [-0.2, 0) is 14.3 Å². The molecule has 0 atom stereocenters. The van der Waals surface area contributed by atoms with Crippen LogP contribution >= 0.6 is 0 Å². The Morgan fingerprint density at radius 3 is 2.19 bits per heavy atom. The van der Waals surface area contributed by atoms with E-state index in [0.717, 1.165) is 17.7 Å². The summed E-state index contributed by atoms with van der Waals surface area (Å²) in [4.78, 5) is 51.5. The first-order valence-electron chi connectivity index (χ1n) is 8.88. The molecule has 0 fully saturated rings. The van der Waals surface area contributed by atoms with E-state index >= 15 is 0 Å². The summed E-state index contributed by atoms with van der Waals surface area (Å²) in [5.41, 5.74) is 0.633. The Kier molecular flexibility index (Phi) is 6.89. The van der Waals surface area contributed by atoms with E-state index in [1.807, 2.05) is 6.92 Å². The molecule has 1 heterocycles. The second-order valence-corrected chi connectivity index (χ2v) is 6.03. The number of hydrogen-bond donors (Lipinski definition) is 0. The fraction of sp³-hybridized carbons (Fsp3) is 0.474. The molecule has 26 heavy (non-hydrogen) atoms. The van der Waals surface area contributed by atoms with Crippen LogP contribution in [0.25, 0.3) is 0 Å². The largest absolute Gasteiger partial charge is 0.466 e. The second kappa shape index (κ2) is 9.12. The molecule has 0 aromatic heterocycles. The van der Waals surface area contributed by atoms with E-state index in [-0.39, 0.29) is 38.0 Å². The van der Waals surface area contributed by atoms with Crippen LogP contribution in [0.3, 0.4) is 0 Å². The highest BCUT2D eigenvalue weighted by Gasteiger charge is 2.37. The van der Waals surface area contributed by atoms with Crippen LogP contribution in [0.4, 0.5) is 0 Å². The molecule has 0 spiro atoms. The van der Waals surface area contributed by atoms with E-state index in [4.69, 9.17) is 4.74 Å². The highest BCUT2D eigenvalue weighted by Crippen LogP contribution is 2.22. The maximum Gasteiger partial charge on any atom is 0.307 e. The van der Waals surface area contributed by atoms with Gasteiger partial charge in [0.15, 0.2) is 0 Å². The van der Waals surface area contributed by atoms with Gasteiger partial charge in [-0.1, -0.05) is 25.5 Å². The summed E-state index contributed by atoms with van der Waals surface area (Å²) in [7, 11) is 0. The minimum atomic E-state index is -0.459. The average molecular weight is 360 g/mol. The van der Waals surface area contributed by atoms with Gasteiger partial charge in [0.25, 0.3) is 11.8 Å². The van der Waals surface area contributed by atoms with Crippen LogP contribution in [0, 0.1) is 0 Å². The van der Waals surface area contributed by atoms with Crippen molar-refractivity contribution in [3.8, 4) is 0 Å². The third-order valence-electron chi connectivity index (χ3n) is 4.20. The monoisotopic (exact) mass is 360 g/mol. The zero-order chi connectivity index (χ0) is 19.1. The third kappa shape index (κ3) is 4.47. The zero-order valence-corrected chi connectivity index (χ0v) is 15.2. The highest BCUT2D eigenvalue weighted by molar-refractivity contribution is 6.22. The number of rotatable bonds is 9. The number of hydrogen-bond acceptors (Lipinski definition) is 5. The predicted molar refractivity (Wildman–Crippen MR) is 94.5 cm³/mol. The normalized spacial score (nSPS) is 12.9. The number of ether oxygens (including phenoxy) is 1. The lowest BCUT2D eigenvalue weighted by Gasteiger charge is -2.24. The molecule has 140 valence electrons. The predicted octanol–water partition coefficient (Wildman–Crippen LogP) is 1.86. The fourth-order valence-corrected chi connectivity index (χ4v) is 2.79. The van der Waals surface area contributed by atoms with E-state index in [9.17, 15) is 19.2 Å². The van der Waals surface area contributed by atoms with Gasteiger partial charge >= 0.3 is 5.97 Å². The Morgan fingerprint density at radius 1 is 1.04 bits per heavy atom. The molecule has 2 rings (SSSR count). The SMILES string of the molecule is CCCCN(CCC(=O)OCC)C(=O)CN1C(=O)c2ccccc2C1=O. The van der Waals surface area contributed by atoms with Gasteiger partial charge in [0, 0.05) is 13.1 Å². The van der Waals surface area contributed by atoms with Crippen LogP contribution in [0.1, 0.15) is 53.8 Å². The molecule has 0 radical (unpaired) electrons. The molecule has 1 aliphatic rings. The molecule has 0 unspecified atom stereocenters. The number of carbonyl (C=O) groups excluding carboxylic acids is 4. The number of nitrogens with zero attached hydrogens (tertiary/aromatic N) is 2. The summed E-state index contributed by atoms with van der Waals surface area (Å²) in [6.07, 6.45) is 1.75. The minimum absolute atomic E-state index is 0.0887. The summed E-state index contributed by atoms with van der Waals surface area (Å²) in [5.74, 6) is -1.64. The number of imide groups is 1. The van der Waals surface area contributed by atoms with E-state index in [2.05, 4.69) is 0 Å². The Balaban J connectivity index is 2.03. The summed E-state index contributed by atoms with van der Waals surface area (Å²) in [6, 6.07) is 6.52. The van der Waals surface area contributed by atoms with Gasteiger partial charge in [-0.15, -0.1) is 0 Å². The van der Waals surface area contributed by atoms with Crippen LogP contribution < -0.4 is 0 Å². The van der Waals surface area contributed by atoms with Crippen molar-refractivity contribution in [3.05, 3.63) is 35.4 Å². The molecular formula is C19H24N2O5. The lowest BCUT2D eigenvalue weighted by molar-refractivity contribution is -0.144. The standard InChI is InChI=1S/C19H24N2O5/c1-3-5-11-20(12-10-17(23)26-4-2)16(22)13-21-18(24)14-8-6-7-9-15(14)19(21)25/h6-9H,3-5,10-13H2,1-2H3. The van der Waals surface area contributed by atoms with Crippen molar-refractivity contribution >= 4 is 23.7 Å². The molecule has 0 N–H and O–H groups in total. The summed E-state index contributed by atoms with van der Waals surface area (Å²) in [5, 5.41) is 0. The first kappa shape index (κ1) is 19.6. The van der Waals surface area contributed by atoms with Gasteiger partial charge in [0.05, 0.1) is 24.2 Å². The molecule has 0 saturated carbocycles. The maximum absolute atomic E-state index is 12.6. The van der Waals surface area contributed by atoms with Crippen LogP contribution in [0.5, 0.6) is 0 Å². The topological polar surface area (TPSA) is 84.0 Å². The maximum atomic E-state index is 12.6. The third-order valence-corrected chi connectivity index (χ3v) is 4.20. The van der Waals surface area contributed by atoms with E-state index in [1.165, 1.54) is 4.90 Å². The molecule has 7 nitrogen and oxygen atoms in total. The Hall–Kier alpha value is -2.70. The molecule has 1 aromatic rings. The van der Waals surface area contributed by atoms with E-state index in [0.29, 0.717) is 17.7 Å². The summed E-state index contributed by atoms with van der Waals surface area (Å²) in [6.45, 7) is 4.37. The Bertz CT molecular complexity index is 666. The van der Waals surface area contributed by atoms with Crippen molar-refractivity contribution in [1.82, 2.24) is 9.80 Å². The lowest BCUT2D eigenvalue weighted by atomic mass is 10.1. The van der Waals surface area contributed by atoms with Gasteiger partial charge in [-0.25, -0.2) is 0 Å². The number of esters is 1. The van der Waals surface area contributed by atoms with Crippen LogP contribution in [-0.4, -0.2) is 59.7 Å². The molecule has 0 bridgehead atoms. The zero-order valence-electron chi connectivity index (χ0n) is 15.2. The average Bonchev–Trinajstić information content (AvgIpc) is 2.87. The molecule has 7 heteroatoms. The smallest absolute Gasteiger partial charge is 0.307 e. The van der Waals surface area contributed by atoms with Gasteiger partial charge in [0.1, 0.15) is 6.54 Å². The van der Waals surface area contributed by atoms with Gasteiger partial charge < -0.3 is 9.64 Å². The van der Waals surface area contributed by atoms with Crippen molar-refractivity contribution in [1.29, 1.82) is 0 Å². The molecule has 0 aliphatic carbocycles. The van der Waals surface area contributed by atoms with Crippen LogP contribution in [0.2, 0.25) is 0 Å². The molecule has 1 aromatic carbocycles. The number of benzene rings is 1. The number of amides is 3. The van der Waals surface area contributed by atoms with Crippen molar-refractivity contribution in [2.45, 2.75) is 33.1 Å². The molecular weight excluding hydrogens is 336 g/mol. The van der Waals surface area contributed by atoms with Crippen molar-refractivity contribution in [2.75, 3.05) is 26.2 Å².